The maximum Gasteiger partial charge on any atom is 0.232 e. The van der Waals surface area contributed by atoms with Gasteiger partial charge in [-0.05, 0) is 48.7 Å². The zero-order valence-corrected chi connectivity index (χ0v) is 10.7. The molecule has 0 aliphatic rings. The van der Waals surface area contributed by atoms with Crippen molar-refractivity contribution in [2.45, 2.75) is 20.8 Å². The molecule has 0 saturated heterocycles. The van der Waals surface area contributed by atoms with Gasteiger partial charge in [-0.1, -0.05) is 15.7 Å². The van der Waals surface area contributed by atoms with Gasteiger partial charge in [0.25, 0.3) is 0 Å². The van der Waals surface area contributed by atoms with Crippen LogP contribution in [0.3, 0.4) is 0 Å². The van der Waals surface area contributed by atoms with Gasteiger partial charge in [-0.2, -0.15) is 0 Å². The van der Waals surface area contributed by atoms with E-state index in [1.54, 1.807) is 0 Å². The topological polar surface area (TPSA) is 41.9 Å². The molecule has 2 rings (SSSR count). The van der Waals surface area contributed by atoms with Gasteiger partial charge in [0, 0.05) is 24.3 Å². The number of hydrogen-bond donors (Lipinski definition) is 0. The molecule has 0 spiro atoms. The van der Waals surface area contributed by atoms with E-state index in [-0.39, 0.29) is 0 Å². The smallest absolute Gasteiger partial charge is 0.232 e. The summed E-state index contributed by atoms with van der Waals surface area (Å²) in [6.45, 7) is 6.34. The van der Waals surface area contributed by atoms with Crippen LogP contribution in [0.1, 0.15) is 16.7 Å². The molecule has 4 nitrogen and oxygen atoms in total. The van der Waals surface area contributed by atoms with Gasteiger partial charge in [-0.3, -0.25) is 0 Å². The Morgan fingerprint density at radius 2 is 1.75 bits per heavy atom. The van der Waals surface area contributed by atoms with Crippen LogP contribution in [-0.4, -0.2) is 21.8 Å². The Morgan fingerprint density at radius 1 is 1.06 bits per heavy atom. The van der Waals surface area contributed by atoms with Crippen LogP contribution in [0, 0.1) is 20.8 Å². The molecule has 0 aliphatic carbocycles. The van der Waals surface area contributed by atoms with Crippen LogP contribution < -0.4 is 4.90 Å². The molecule has 0 fully saturated rings. The highest BCUT2D eigenvalue weighted by atomic mass is 32.1. The van der Waals surface area contributed by atoms with Crippen molar-refractivity contribution in [3.8, 4) is 0 Å². The van der Waals surface area contributed by atoms with Crippen molar-refractivity contribution >= 4 is 22.4 Å². The number of benzene rings is 1. The molecule has 1 aromatic carbocycles. The van der Waals surface area contributed by atoms with E-state index >= 15 is 0 Å². The van der Waals surface area contributed by atoms with Gasteiger partial charge in [0.2, 0.25) is 5.13 Å². The van der Waals surface area contributed by atoms with Crippen LogP contribution in [0.5, 0.6) is 0 Å². The number of anilines is 2. The number of hydrogen-bond acceptors (Lipinski definition) is 5. The van der Waals surface area contributed by atoms with Gasteiger partial charge < -0.3 is 4.90 Å². The molecule has 0 unspecified atom stereocenters. The van der Waals surface area contributed by atoms with Gasteiger partial charge in [-0.25, -0.2) is 0 Å². The lowest BCUT2D eigenvalue weighted by molar-refractivity contribution is 0.943. The number of nitrogens with zero attached hydrogens (tertiary/aromatic N) is 4. The van der Waals surface area contributed by atoms with E-state index in [0.717, 1.165) is 10.8 Å². The Labute approximate surface area is 99.1 Å². The van der Waals surface area contributed by atoms with Crippen LogP contribution in [0.25, 0.3) is 0 Å². The predicted octanol–water partition coefficient (Wildman–Crippen LogP) is 2.63. The molecular formula is C11H14N4S. The van der Waals surface area contributed by atoms with Crippen LogP contribution >= 0.6 is 11.5 Å². The van der Waals surface area contributed by atoms with Gasteiger partial charge in [0.05, 0.1) is 0 Å². The first-order chi connectivity index (χ1) is 7.59. The minimum absolute atomic E-state index is 0.811. The standard InChI is InChI=1S/C11H14N4S/c1-7-5-9(3)10(6-8(7)2)15(4)11-12-13-14-16-11/h5-6H,1-4H3. The molecule has 0 N–H and O–H groups in total. The van der Waals surface area contributed by atoms with Gasteiger partial charge in [0.15, 0.2) is 0 Å². The van der Waals surface area contributed by atoms with Gasteiger partial charge in [0.1, 0.15) is 0 Å². The molecule has 0 atom stereocenters. The van der Waals surface area contributed by atoms with Crippen molar-refractivity contribution in [1.29, 1.82) is 0 Å². The van der Waals surface area contributed by atoms with Crippen LogP contribution in [0.15, 0.2) is 12.1 Å². The first-order valence-corrected chi connectivity index (χ1v) is 5.83. The maximum absolute atomic E-state index is 3.97. The lowest BCUT2D eigenvalue weighted by atomic mass is 10.0. The largest absolute Gasteiger partial charge is 0.318 e. The third kappa shape index (κ3) is 1.90. The fourth-order valence-corrected chi connectivity index (χ4v) is 2.11. The van der Waals surface area contributed by atoms with E-state index in [0.29, 0.717) is 0 Å². The number of aryl methyl sites for hydroxylation is 3. The summed E-state index contributed by atoms with van der Waals surface area (Å²) < 4.78 is 3.78. The molecule has 0 amide bonds. The minimum Gasteiger partial charge on any atom is -0.318 e. The highest BCUT2D eigenvalue weighted by molar-refractivity contribution is 7.09. The predicted molar refractivity (Wildman–Crippen MR) is 66.4 cm³/mol. The van der Waals surface area contributed by atoms with E-state index in [1.165, 1.54) is 28.2 Å². The molecule has 16 heavy (non-hydrogen) atoms. The monoisotopic (exact) mass is 234 g/mol. The zero-order chi connectivity index (χ0) is 11.7. The summed E-state index contributed by atoms with van der Waals surface area (Å²) in [6, 6.07) is 4.36. The average Bonchev–Trinajstić information content (AvgIpc) is 2.75. The Morgan fingerprint density at radius 3 is 2.38 bits per heavy atom. The molecule has 84 valence electrons. The summed E-state index contributed by atoms with van der Waals surface area (Å²) >= 11 is 1.30. The Balaban J connectivity index is 2.44. The minimum atomic E-state index is 0.811. The lowest BCUT2D eigenvalue weighted by Gasteiger charge is -2.19. The zero-order valence-electron chi connectivity index (χ0n) is 9.85. The average molecular weight is 234 g/mol. The normalized spacial score (nSPS) is 10.5. The molecule has 0 bridgehead atoms. The van der Waals surface area contributed by atoms with Crippen molar-refractivity contribution in [3.05, 3.63) is 28.8 Å². The van der Waals surface area contributed by atoms with Crippen molar-refractivity contribution < 1.29 is 0 Å². The third-order valence-corrected chi connectivity index (χ3v) is 3.42. The Kier molecular flexibility index (Phi) is 2.87. The van der Waals surface area contributed by atoms with Crippen molar-refractivity contribution in [2.24, 2.45) is 0 Å². The molecule has 5 heteroatoms. The Bertz CT molecular complexity index is 493. The second-order valence-electron chi connectivity index (χ2n) is 3.93. The fraction of sp³-hybridized carbons (Fsp3) is 0.364. The van der Waals surface area contributed by atoms with Crippen molar-refractivity contribution in [3.63, 3.8) is 0 Å². The van der Waals surface area contributed by atoms with E-state index < -0.39 is 0 Å². The second-order valence-corrected chi connectivity index (χ2v) is 4.64. The third-order valence-electron chi connectivity index (χ3n) is 2.75. The molecule has 0 aliphatic heterocycles. The summed E-state index contributed by atoms with van der Waals surface area (Å²) in [7, 11) is 1.99. The highest BCUT2D eigenvalue weighted by Crippen LogP contribution is 2.28. The number of aromatic nitrogens is 3. The summed E-state index contributed by atoms with van der Waals surface area (Å²) in [4.78, 5) is 2.02. The van der Waals surface area contributed by atoms with E-state index in [1.807, 2.05) is 11.9 Å². The molecule has 1 aromatic heterocycles. The first kappa shape index (κ1) is 11.0. The highest BCUT2D eigenvalue weighted by Gasteiger charge is 2.11. The van der Waals surface area contributed by atoms with Crippen LogP contribution in [-0.2, 0) is 0 Å². The van der Waals surface area contributed by atoms with Gasteiger partial charge >= 0.3 is 0 Å². The molecule has 0 saturated carbocycles. The fourth-order valence-electron chi connectivity index (χ4n) is 1.67. The Hall–Kier alpha value is -1.49. The van der Waals surface area contributed by atoms with E-state index in [9.17, 15) is 0 Å². The summed E-state index contributed by atoms with van der Waals surface area (Å²) in [5, 5.41) is 8.40. The van der Waals surface area contributed by atoms with Crippen LogP contribution in [0.4, 0.5) is 10.8 Å². The molecule has 0 radical (unpaired) electrons. The second kappa shape index (κ2) is 4.17. The van der Waals surface area contributed by atoms with Gasteiger partial charge in [-0.15, -0.1) is 0 Å². The SMILES string of the molecule is Cc1cc(C)c(N(C)c2nnns2)cc1C. The summed E-state index contributed by atoms with van der Waals surface area (Å²) in [5.41, 5.74) is 4.98. The van der Waals surface area contributed by atoms with Crippen molar-refractivity contribution in [1.82, 2.24) is 14.8 Å². The van der Waals surface area contributed by atoms with E-state index in [2.05, 4.69) is 47.7 Å². The summed E-state index contributed by atoms with van der Waals surface area (Å²) in [5.74, 6) is 0. The number of rotatable bonds is 2. The summed E-state index contributed by atoms with van der Waals surface area (Å²) in [6.07, 6.45) is 0. The molecule has 2 aromatic rings. The lowest BCUT2D eigenvalue weighted by Crippen LogP contribution is -2.11. The van der Waals surface area contributed by atoms with E-state index in [4.69, 9.17) is 0 Å². The first-order valence-electron chi connectivity index (χ1n) is 5.06. The quantitative estimate of drug-likeness (QED) is 0.801. The molecule has 1 heterocycles. The maximum atomic E-state index is 3.97. The molecular weight excluding hydrogens is 220 g/mol. The van der Waals surface area contributed by atoms with Crippen LogP contribution in [0.2, 0.25) is 0 Å². The van der Waals surface area contributed by atoms with Crippen molar-refractivity contribution in [2.75, 3.05) is 11.9 Å².